The lowest BCUT2D eigenvalue weighted by Gasteiger charge is -2.31. The fourth-order valence-corrected chi connectivity index (χ4v) is 5.53. The van der Waals surface area contributed by atoms with Crippen LogP contribution in [0.4, 0.5) is 0 Å². The van der Waals surface area contributed by atoms with Crippen molar-refractivity contribution in [1.29, 1.82) is 5.26 Å². The minimum atomic E-state index is -3.17. The molecule has 26 heavy (non-hydrogen) atoms. The molecule has 136 valence electrons. The van der Waals surface area contributed by atoms with Gasteiger partial charge in [-0.15, -0.1) is 0 Å². The zero-order valence-corrected chi connectivity index (χ0v) is 15.5. The van der Waals surface area contributed by atoms with Crippen molar-refractivity contribution in [3.05, 3.63) is 59.7 Å². The summed E-state index contributed by atoms with van der Waals surface area (Å²) in [5.41, 5.74) is 3.31. The van der Waals surface area contributed by atoms with E-state index in [0.717, 1.165) is 16.7 Å². The van der Waals surface area contributed by atoms with Gasteiger partial charge in [0.2, 0.25) is 11.3 Å². The Morgan fingerprint density at radius 2 is 1.65 bits per heavy atom. The van der Waals surface area contributed by atoms with Crippen molar-refractivity contribution in [2.75, 3.05) is 11.5 Å². The van der Waals surface area contributed by atoms with Crippen molar-refractivity contribution < 1.29 is 17.2 Å². The van der Waals surface area contributed by atoms with Gasteiger partial charge in [0.15, 0.2) is 9.84 Å². The third-order valence-corrected chi connectivity index (χ3v) is 6.83. The van der Waals surface area contributed by atoms with Gasteiger partial charge in [0.05, 0.1) is 23.1 Å². The highest BCUT2D eigenvalue weighted by atomic mass is 32.2. The van der Waals surface area contributed by atoms with E-state index in [-0.39, 0.29) is 23.5 Å². The summed E-state index contributed by atoms with van der Waals surface area (Å²) in [5.74, 6) is -0.403. The van der Waals surface area contributed by atoms with Gasteiger partial charge in [0.25, 0.3) is 0 Å². The van der Waals surface area contributed by atoms with Crippen LogP contribution in [0.25, 0.3) is 11.1 Å². The van der Waals surface area contributed by atoms with Gasteiger partial charge in [-0.1, -0.05) is 36.4 Å². The SMILES string of the molecule is N#Cc1ccc(-c2ccc(C3CS(=O)(=O)CCC3NS(=O)O)cc2)cc1. The van der Waals surface area contributed by atoms with Crippen molar-refractivity contribution in [3.8, 4) is 17.2 Å². The first kappa shape index (κ1) is 18.7. The van der Waals surface area contributed by atoms with Crippen LogP contribution in [0.15, 0.2) is 48.5 Å². The first-order valence-electron chi connectivity index (χ1n) is 8.06. The topological polar surface area (TPSA) is 107 Å². The highest BCUT2D eigenvalue weighted by Gasteiger charge is 2.34. The van der Waals surface area contributed by atoms with Crippen LogP contribution >= 0.6 is 0 Å². The molecule has 3 unspecified atom stereocenters. The Balaban J connectivity index is 1.87. The predicted molar refractivity (Wildman–Crippen MR) is 100 cm³/mol. The van der Waals surface area contributed by atoms with Crippen LogP contribution in [0.3, 0.4) is 0 Å². The maximum Gasteiger partial charge on any atom is 0.231 e. The molecule has 0 spiro atoms. The zero-order valence-electron chi connectivity index (χ0n) is 13.8. The van der Waals surface area contributed by atoms with Crippen molar-refractivity contribution in [2.45, 2.75) is 18.4 Å². The lowest BCUT2D eigenvalue weighted by Crippen LogP contribution is -2.44. The molecule has 0 saturated carbocycles. The summed E-state index contributed by atoms with van der Waals surface area (Å²) in [6.45, 7) is 0. The molecule has 6 nitrogen and oxygen atoms in total. The molecule has 3 rings (SSSR count). The Hall–Kier alpha value is -2.05. The maximum atomic E-state index is 12.0. The molecule has 3 atom stereocenters. The van der Waals surface area contributed by atoms with Crippen LogP contribution in [-0.2, 0) is 21.1 Å². The van der Waals surface area contributed by atoms with E-state index in [1.165, 1.54) is 0 Å². The summed E-state index contributed by atoms with van der Waals surface area (Å²) in [6.07, 6.45) is 0.302. The van der Waals surface area contributed by atoms with Crippen LogP contribution in [-0.4, -0.2) is 34.7 Å². The average Bonchev–Trinajstić information content (AvgIpc) is 2.63. The van der Waals surface area contributed by atoms with E-state index in [1.807, 2.05) is 36.4 Å². The number of benzene rings is 2. The van der Waals surface area contributed by atoms with Crippen LogP contribution in [0.1, 0.15) is 23.5 Å². The highest BCUT2D eigenvalue weighted by molar-refractivity contribution is 7.91. The van der Waals surface area contributed by atoms with Gasteiger partial charge in [-0.3, -0.25) is 4.55 Å². The normalized spacial score (nSPS) is 23.1. The van der Waals surface area contributed by atoms with Gasteiger partial charge >= 0.3 is 0 Å². The van der Waals surface area contributed by atoms with Crippen molar-refractivity contribution >= 4 is 21.1 Å². The van der Waals surface area contributed by atoms with E-state index in [4.69, 9.17) is 9.81 Å². The number of rotatable bonds is 4. The van der Waals surface area contributed by atoms with E-state index >= 15 is 0 Å². The monoisotopic (exact) mass is 390 g/mol. The van der Waals surface area contributed by atoms with E-state index < -0.39 is 21.1 Å². The molecule has 0 aromatic heterocycles. The van der Waals surface area contributed by atoms with Crippen molar-refractivity contribution in [2.24, 2.45) is 0 Å². The molecular formula is C18H18N2O4S2. The van der Waals surface area contributed by atoms with Gasteiger partial charge in [0.1, 0.15) is 0 Å². The van der Waals surface area contributed by atoms with Crippen LogP contribution in [0.5, 0.6) is 0 Å². The molecule has 1 saturated heterocycles. The fraction of sp³-hybridized carbons (Fsp3) is 0.278. The van der Waals surface area contributed by atoms with Gasteiger partial charge in [-0.2, -0.15) is 5.26 Å². The number of nitriles is 1. The molecule has 1 heterocycles. The van der Waals surface area contributed by atoms with Crippen LogP contribution in [0.2, 0.25) is 0 Å². The minimum Gasteiger partial charge on any atom is -0.294 e. The summed E-state index contributed by atoms with van der Waals surface area (Å²) in [4.78, 5) is 0. The Kier molecular flexibility index (Phi) is 5.53. The van der Waals surface area contributed by atoms with Crippen molar-refractivity contribution in [3.63, 3.8) is 0 Å². The smallest absolute Gasteiger partial charge is 0.231 e. The molecule has 0 radical (unpaired) electrons. The van der Waals surface area contributed by atoms with Crippen molar-refractivity contribution in [1.82, 2.24) is 4.72 Å². The molecule has 1 aliphatic heterocycles. The Morgan fingerprint density at radius 1 is 1.08 bits per heavy atom. The summed E-state index contributed by atoms with van der Waals surface area (Å²) >= 11 is -2.19. The number of hydrogen-bond acceptors (Lipinski definition) is 4. The second kappa shape index (κ2) is 7.68. The van der Waals surface area contributed by atoms with Gasteiger partial charge in [0, 0.05) is 12.0 Å². The van der Waals surface area contributed by atoms with E-state index in [9.17, 15) is 12.6 Å². The molecular weight excluding hydrogens is 372 g/mol. The second-order valence-electron chi connectivity index (χ2n) is 6.29. The van der Waals surface area contributed by atoms with E-state index in [2.05, 4.69) is 10.8 Å². The molecule has 2 aromatic carbocycles. The van der Waals surface area contributed by atoms with E-state index in [1.54, 1.807) is 12.1 Å². The third-order valence-electron chi connectivity index (χ3n) is 4.60. The summed E-state index contributed by atoms with van der Waals surface area (Å²) in [6, 6.07) is 16.4. The van der Waals surface area contributed by atoms with Crippen LogP contribution < -0.4 is 4.72 Å². The summed E-state index contributed by atoms with van der Waals surface area (Å²) in [5, 5.41) is 8.86. The highest BCUT2D eigenvalue weighted by Crippen LogP contribution is 2.31. The minimum absolute atomic E-state index is 0.0156. The third kappa shape index (κ3) is 4.37. The number of nitrogens with one attached hydrogen (secondary N) is 1. The first-order chi connectivity index (χ1) is 12.4. The molecule has 0 aliphatic carbocycles. The Labute approximate surface area is 155 Å². The number of nitrogens with zero attached hydrogens (tertiary/aromatic N) is 1. The number of sulfone groups is 1. The molecule has 2 N–H and O–H groups in total. The van der Waals surface area contributed by atoms with Gasteiger partial charge in [-0.25, -0.2) is 17.3 Å². The molecule has 2 aromatic rings. The van der Waals surface area contributed by atoms with Gasteiger partial charge in [-0.05, 0) is 35.2 Å². The molecule has 1 aliphatic rings. The second-order valence-corrected chi connectivity index (χ2v) is 9.26. The molecule has 0 amide bonds. The largest absolute Gasteiger partial charge is 0.294 e. The predicted octanol–water partition coefficient (Wildman–Crippen LogP) is 2.22. The quantitative estimate of drug-likeness (QED) is 0.779. The zero-order chi connectivity index (χ0) is 18.7. The molecule has 0 bridgehead atoms. The van der Waals surface area contributed by atoms with Gasteiger partial charge < -0.3 is 0 Å². The van der Waals surface area contributed by atoms with E-state index in [0.29, 0.717) is 12.0 Å². The summed E-state index contributed by atoms with van der Waals surface area (Å²) < 4.78 is 46.9. The van der Waals surface area contributed by atoms with Crippen LogP contribution in [0, 0.1) is 11.3 Å². The number of hydrogen-bond donors (Lipinski definition) is 2. The standard InChI is InChI=1S/C18H18N2O4S2/c19-11-13-1-3-14(4-2-13)15-5-7-16(8-6-15)17-12-26(23,24)10-9-18(17)20-25(21)22/h1-8,17-18,20H,9-10,12H2,(H,21,22). The average molecular weight is 390 g/mol. The molecule has 1 fully saturated rings. The lowest BCUT2D eigenvalue weighted by atomic mass is 9.90. The maximum absolute atomic E-state index is 12.0. The molecule has 8 heteroatoms. The Morgan fingerprint density at radius 3 is 2.19 bits per heavy atom. The fourth-order valence-electron chi connectivity index (χ4n) is 3.24. The first-order valence-corrected chi connectivity index (χ1v) is 11.0. The lowest BCUT2D eigenvalue weighted by molar-refractivity contribution is 0.457. The Bertz CT molecular complexity index is 948. The summed E-state index contributed by atoms with van der Waals surface area (Å²) in [7, 11) is -3.17.